The Labute approximate surface area is 183 Å². The summed E-state index contributed by atoms with van der Waals surface area (Å²) < 4.78 is 0. The van der Waals surface area contributed by atoms with Gasteiger partial charge >= 0.3 is 0 Å². The minimum atomic E-state index is 0.487. The summed E-state index contributed by atoms with van der Waals surface area (Å²) in [5, 5.41) is 0. The molecular formula is C28H38N2. The van der Waals surface area contributed by atoms with E-state index in [1.807, 2.05) is 0 Å². The first-order valence-electron chi connectivity index (χ1n) is 12.4. The molecule has 1 saturated heterocycles. The summed E-state index contributed by atoms with van der Waals surface area (Å²) in [6.07, 6.45) is 13.1. The van der Waals surface area contributed by atoms with Crippen molar-refractivity contribution in [1.29, 1.82) is 0 Å². The van der Waals surface area contributed by atoms with Gasteiger partial charge in [0.05, 0.1) is 12.2 Å². The molecule has 5 rings (SSSR count). The van der Waals surface area contributed by atoms with Crippen LogP contribution in [0.1, 0.15) is 81.9 Å². The lowest BCUT2D eigenvalue weighted by Gasteiger charge is -2.43. The van der Waals surface area contributed by atoms with E-state index in [9.17, 15) is 0 Å². The van der Waals surface area contributed by atoms with E-state index in [4.69, 9.17) is 0 Å². The Morgan fingerprint density at radius 1 is 0.733 bits per heavy atom. The van der Waals surface area contributed by atoms with Crippen LogP contribution in [0.3, 0.4) is 0 Å². The molecule has 2 saturated carbocycles. The third-order valence-corrected chi connectivity index (χ3v) is 8.16. The van der Waals surface area contributed by atoms with Crippen LogP contribution in [0.15, 0.2) is 54.6 Å². The standard InChI is InChI=1S/C28H38N2/c1-21-13-9-12-20-26(21)29-22(2)27(23-14-5-3-6-15-23)30(25-18-10-11-19-25)28(29)24-16-7-4-8-17-24/h3,5-6,9,12-15,20,22,24-25,27-28H,4,7-8,10-11,16-19H2,1-2H3/t22-,27?,28?/m0/s1. The average molecular weight is 403 g/mol. The van der Waals surface area contributed by atoms with Gasteiger partial charge in [-0.05, 0) is 62.6 Å². The highest BCUT2D eigenvalue weighted by molar-refractivity contribution is 5.56. The molecule has 30 heavy (non-hydrogen) atoms. The van der Waals surface area contributed by atoms with Gasteiger partial charge in [0.1, 0.15) is 0 Å². The zero-order valence-corrected chi connectivity index (χ0v) is 18.8. The van der Waals surface area contributed by atoms with Crippen molar-refractivity contribution < 1.29 is 0 Å². The van der Waals surface area contributed by atoms with Crippen molar-refractivity contribution in [3.63, 3.8) is 0 Å². The Hall–Kier alpha value is -1.80. The highest BCUT2D eigenvalue weighted by Crippen LogP contribution is 2.49. The Morgan fingerprint density at radius 3 is 2.07 bits per heavy atom. The smallest absolute Gasteiger partial charge is 0.0861 e. The van der Waals surface area contributed by atoms with Crippen molar-refractivity contribution >= 4 is 5.69 Å². The topological polar surface area (TPSA) is 6.48 Å². The fourth-order valence-corrected chi connectivity index (χ4v) is 6.81. The number of rotatable bonds is 4. The van der Waals surface area contributed by atoms with Gasteiger partial charge in [-0.2, -0.15) is 0 Å². The molecule has 3 aliphatic rings. The number of hydrogen-bond acceptors (Lipinski definition) is 2. The van der Waals surface area contributed by atoms with Crippen molar-refractivity contribution in [3.05, 3.63) is 65.7 Å². The van der Waals surface area contributed by atoms with Gasteiger partial charge in [0.2, 0.25) is 0 Å². The summed E-state index contributed by atoms with van der Waals surface area (Å²) in [4.78, 5) is 5.86. The van der Waals surface area contributed by atoms with Crippen molar-refractivity contribution in [2.24, 2.45) is 5.92 Å². The third-order valence-electron chi connectivity index (χ3n) is 8.16. The quantitative estimate of drug-likeness (QED) is 0.538. The van der Waals surface area contributed by atoms with Crippen LogP contribution in [0.5, 0.6) is 0 Å². The molecule has 0 bridgehead atoms. The summed E-state index contributed by atoms with van der Waals surface area (Å²) in [6.45, 7) is 4.80. The third kappa shape index (κ3) is 3.58. The van der Waals surface area contributed by atoms with E-state index in [2.05, 4.69) is 78.2 Å². The Morgan fingerprint density at radius 2 is 1.37 bits per heavy atom. The lowest BCUT2D eigenvalue weighted by molar-refractivity contribution is 0.0787. The second kappa shape index (κ2) is 8.75. The number of anilines is 1. The average Bonchev–Trinajstić information content (AvgIpc) is 3.41. The predicted octanol–water partition coefficient (Wildman–Crippen LogP) is 7.10. The predicted molar refractivity (Wildman–Crippen MR) is 127 cm³/mol. The van der Waals surface area contributed by atoms with Crippen LogP contribution >= 0.6 is 0 Å². The summed E-state index contributed by atoms with van der Waals surface area (Å²) in [6, 6.07) is 22.2. The maximum absolute atomic E-state index is 3.01. The molecule has 0 N–H and O–H groups in total. The second-order valence-electron chi connectivity index (χ2n) is 9.99. The monoisotopic (exact) mass is 402 g/mol. The molecule has 0 radical (unpaired) electrons. The second-order valence-corrected chi connectivity index (χ2v) is 9.99. The van der Waals surface area contributed by atoms with Crippen molar-refractivity contribution in [2.75, 3.05) is 4.90 Å². The number of hydrogen-bond donors (Lipinski definition) is 0. The van der Waals surface area contributed by atoms with Crippen LogP contribution in [0.4, 0.5) is 5.69 Å². The zero-order chi connectivity index (χ0) is 20.5. The van der Waals surface area contributed by atoms with Gasteiger partial charge in [0.25, 0.3) is 0 Å². The number of nitrogens with zero attached hydrogens (tertiary/aromatic N) is 2. The Bertz CT molecular complexity index is 820. The van der Waals surface area contributed by atoms with E-state index in [-0.39, 0.29) is 0 Å². The molecule has 1 heterocycles. The van der Waals surface area contributed by atoms with Crippen LogP contribution in [0, 0.1) is 12.8 Å². The van der Waals surface area contributed by atoms with E-state index in [0.717, 1.165) is 12.0 Å². The molecule has 2 aliphatic carbocycles. The summed E-state index contributed by atoms with van der Waals surface area (Å²) in [7, 11) is 0. The summed E-state index contributed by atoms with van der Waals surface area (Å²) in [5.41, 5.74) is 4.39. The minimum Gasteiger partial charge on any atom is -0.351 e. The molecule has 2 unspecified atom stereocenters. The molecule has 1 aliphatic heterocycles. The SMILES string of the molecule is Cc1ccccc1N1C(C2CCCCC2)N(C2CCCC2)C(c2ccccc2)[C@@H]1C. The molecular weight excluding hydrogens is 364 g/mol. The van der Waals surface area contributed by atoms with Crippen LogP contribution in [-0.2, 0) is 0 Å². The van der Waals surface area contributed by atoms with Crippen molar-refractivity contribution in [3.8, 4) is 0 Å². The first kappa shape index (κ1) is 20.1. The van der Waals surface area contributed by atoms with Crippen molar-refractivity contribution in [1.82, 2.24) is 4.90 Å². The van der Waals surface area contributed by atoms with Gasteiger partial charge in [0, 0.05) is 17.8 Å². The van der Waals surface area contributed by atoms with Crippen LogP contribution < -0.4 is 4.90 Å². The van der Waals surface area contributed by atoms with Crippen LogP contribution in [-0.4, -0.2) is 23.1 Å². The fourth-order valence-electron chi connectivity index (χ4n) is 6.81. The molecule has 3 fully saturated rings. The highest BCUT2D eigenvalue weighted by atomic mass is 15.5. The molecule has 0 aromatic heterocycles. The first-order chi connectivity index (χ1) is 14.8. The van der Waals surface area contributed by atoms with E-state index < -0.39 is 0 Å². The van der Waals surface area contributed by atoms with Gasteiger partial charge < -0.3 is 4.90 Å². The number of benzene rings is 2. The Balaban J connectivity index is 1.63. The van der Waals surface area contributed by atoms with Gasteiger partial charge in [-0.25, -0.2) is 0 Å². The molecule has 0 spiro atoms. The van der Waals surface area contributed by atoms with E-state index in [1.54, 1.807) is 0 Å². The van der Waals surface area contributed by atoms with Crippen LogP contribution in [0.25, 0.3) is 0 Å². The van der Waals surface area contributed by atoms with Gasteiger partial charge in [-0.3, -0.25) is 4.90 Å². The van der Waals surface area contributed by atoms with E-state index in [1.165, 1.54) is 74.6 Å². The molecule has 2 heteroatoms. The largest absolute Gasteiger partial charge is 0.351 e. The molecule has 2 nitrogen and oxygen atoms in total. The molecule has 2 aromatic carbocycles. The molecule has 0 amide bonds. The van der Waals surface area contributed by atoms with E-state index in [0.29, 0.717) is 18.2 Å². The summed E-state index contributed by atoms with van der Waals surface area (Å²) in [5.74, 6) is 0.787. The summed E-state index contributed by atoms with van der Waals surface area (Å²) >= 11 is 0. The van der Waals surface area contributed by atoms with E-state index >= 15 is 0 Å². The van der Waals surface area contributed by atoms with Gasteiger partial charge in [-0.15, -0.1) is 0 Å². The number of para-hydroxylation sites is 1. The normalized spacial score (nSPS) is 29.0. The first-order valence-corrected chi connectivity index (χ1v) is 12.4. The molecule has 3 atom stereocenters. The maximum atomic E-state index is 3.01. The minimum absolute atomic E-state index is 0.487. The van der Waals surface area contributed by atoms with Crippen LogP contribution in [0.2, 0.25) is 0 Å². The molecule has 160 valence electrons. The number of aryl methyl sites for hydroxylation is 1. The lowest BCUT2D eigenvalue weighted by Crippen LogP contribution is -2.49. The van der Waals surface area contributed by atoms with Gasteiger partial charge in [-0.1, -0.05) is 80.6 Å². The lowest BCUT2D eigenvalue weighted by atomic mass is 9.85. The molecule has 2 aromatic rings. The zero-order valence-electron chi connectivity index (χ0n) is 18.8. The fraction of sp³-hybridized carbons (Fsp3) is 0.571. The van der Waals surface area contributed by atoms with Crippen molar-refractivity contribution in [2.45, 2.75) is 95.9 Å². The van der Waals surface area contributed by atoms with Gasteiger partial charge in [0.15, 0.2) is 0 Å². The Kier molecular flexibility index (Phi) is 5.87. The maximum Gasteiger partial charge on any atom is 0.0861 e. The highest BCUT2D eigenvalue weighted by Gasteiger charge is 2.51.